The zero-order chi connectivity index (χ0) is 28.7. The number of hydrogen-bond donors (Lipinski definition) is 3. The molecule has 3 N–H and O–H groups in total. The van der Waals surface area contributed by atoms with Gasteiger partial charge < -0.3 is 34.9 Å². The minimum absolute atomic E-state index is 0.0803. The van der Waals surface area contributed by atoms with Gasteiger partial charge in [-0.2, -0.15) is 0 Å². The molecular formula is C29H30FN3O7. The highest BCUT2D eigenvalue weighted by atomic mass is 19.1. The van der Waals surface area contributed by atoms with Crippen LogP contribution in [0.1, 0.15) is 28.8 Å². The molecule has 0 radical (unpaired) electrons. The summed E-state index contributed by atoms with van der Waals surface area (Å²) < 4.78 is 32.0. The maximum atomic E-state index is 15.8. The van der Waals surface area contributed by atoms with Crippen molar-refractivity contribution in [2.24, 2.45) is 0 Å². The molecule has 0 saturated carbocycles. The number of para-hydroxylation sites is 2. The van der Waals surface area contributed by atoms with Crippen molar-refractivity contribution in [3.63, 3.8) is 0 Å². The van der Waals surface area contributed by atoms with Crippen LogP contribution in [0, 0.1) is 0 Å². The highest BCUT2D eigenvalue weighted by Gasteiger charge is 2.44. The normalized spacial score (nSPS) is 16.2. The quantitative estimate of drug-likeness (QED) is 0.304. The van der Waals surface area contributed by atoms with Gasteiger partial charge >= 0.3 is 12.0 Å². The Morgan fingerprint density at radius 1 is 0.950 bits per heavy atom. The molecule has 3 aromatic rings. The van der Waals surface area contributed by atoms with Crippen molar-refractivity contribution in [3.05, 3.63) is 77.9 Å². The molecule has 210 valence electrons. The Labute approximate surface area is 230 Å². The third-order valence-electron chi connectivity index (χ3n) is 6.51. The molecule has 0 bridgehead atoms. The van der Waals surface area contributed by atoms with E-state index < -0.39 is 23.7 Å². The van der Waals surface area contributed by atoms with Crippen LogP contribution in [0.2, 0.25) is 0 Å². The van der Waals surface area contributed by atoms with Crippen LogP contribution >= 0.6 is 0 Å². The molecule has 1 saturated heterocycles. The zero-order valence-corrected chi connectivity index (χ0v) is 22.1. The summed E-state index contributed by atoms with van der Waals surface area (Å²) in [5, 5.41) is 14.4. The van der Waals surface area contributed by atoms with Gasteiger partial charge in [-0.05, 0) is 60.5 Å². The number of amides is 3. The van der Waals surface area contributed by atoms with Gasteiger partial charge in [-0.25, -0.2) is 14.0 Å². The number of ether oxygens (including phenoxy) is 3. The predicted molar refractivity (Wildman–Crippen MR) is 146 cm³/mol. The number of rotatable bonds is 10. The van der Waals surface area contributed by atoms with Crippen molar-refractivity contribution in [2.45, 2.75) is 25.1 Å². The molecule has 1 fully saturated rings. The molecule has 0 aliphatic carbocycles. The Kier molecular flexibility index (Phi) is 8.73. The van der Waals surface area contributed by atoms with E-state index in [-0.39, 0.29) is 31.6 Å². The number of carbonyl (C=O) groups is 3. The molecule has 10 nitrogen and oxygen atoms in total. The van der Waals surface area contributed by atoms with E-state index in [0.29, 0.717) is 40.6 Å². The van der Waals surface area contributed by atoms with Crippen LogP contribution in [0.4, 0.5) is 20.6 Å². The summed E-state index contributed by atoms with van der Waals surface area (Å²) in [5.74, 6) is -2.33. The number of benzene rings is 3. The topological polar surface area (TPSA) is 126 Å². The number of halogens is 1. The second kappa shape index (κ2) is 12.4. The van der Waals surface area contributed by atoms with Crippen LogP contribution in [0.3, 0.4) is 0 Å². The molecule has 3 aromatic carbocycles. The standard InChI is InChI=1S/C29H30FN3O7/c1-38-24-7-4-3-6-22(24)31-28(37)32-23-13-8-19(16-25(23)39-2)17-26(34)33-15-5-14-29(33,30)18-40-21-11-9-20(10-12-21)27(35)36/h3-4,6-13,16H,5,14-15,17-18H2,1-2H3,(H,35,36)(H2,31,32,37)/t29-/m1/s1. The van der Waals surface area contributed by atoms with Gasteiger partial charge in [0.15, 0.2) is 0 Å². The molecule has 4 rings (SSSR count). The van der Waals surface area contributed by atoms with Crippen LogP contribution < -0.4 is 24.8 Å². The number of carboxylic acid groups (broad SMARTS) is 1. The van der Waals surface area contributed by atoms with E-state index >= 15 is 4.39 Å². The Morgan fingerprint density at radius 2 is 1.62 bits per heavy atom. The SMILES string of the molecule is COc1ccccc1NC(=O)Nc1ccc(CC(=O)N2CCC[C@]2(F)COc2ccc(C(=O)O)cc2)cc1OC. The first-order valence-electron chi connectivity index (χ1n) is 12.6. The summed E-state index contributed by atoms with van der Waals surface area (Å²) in [5.41, 5.74) is 1.55. The van der Waals surface area contributed by atoms with Gasteiger partial charge in [0, 0.05) is 13.0 Å². The zero-order valence-electron chi connectivity index (χ0n) is 22.1. The first kappa shape index (κ1) is 28.2. The van der Waals surface area contributed by atoms with Crippen LogP contribution in [-0.2, 0) is 11.2 Å². The molecule has 0 unspecified atom stereocenters. The van der Waals surface area contributed by atoms with Crippen LogP contribution in [0.15, 0.2) is 66.7 Å². The van der Waals surface area contributed by atoms with E-state index in [9.17, 15) is 14.4 Å². The lowest BCUT2D eigenvalue weighted by Crippen LogP contribution is -2.48. The second-order valence-electron chi connectivity index (χ2n) is 9.18. The lowest BCUT2D eigenvalue weighted by molar-refractivity contribution is -0.144. The van der Waals surface area contributed by atoms with Crippen LogP contribution in [0.5, 0.6) is 17.2 Å². The number of nitrogens with one attached hydrogen (secondary N) is 2. The second-order valence-corrected chi connectivity index (χ2v) is 9.18. The summed E-state index contributed by atoms with van der Waals surface area (Å²) in [7, 11) is 2.95. The molecular weight excluding hydrogens is 521 g/mol. The van der Waals surface area contributed by atoms with Gasteiger partial charge in [-0.1, -0.05) is 18.2 Å². The van der Waals surface area contributed by atoms with Crippen molar-refractivity contribution in [3.8, 4) is 17.2 Å². The average Bonchev–Trinajstić information content (AvgIpc) is 3.35. The number of urea groups is 1. The van der Waals surface area contributed by atoms with E-state index in [1.807, 2.05) is 0 Å². The molecule has 1 heterocycles. The van der Waals surface area contributed by atoms with Gasteiger partial charge in [0.05, 0.1) is 37.6 Å². The van der Waals surface area contributed by atoms with E-state index in [1.165, 1.54) is 43.4 Å². The Hall–Kier alpha value is -4.80. The Balaban J connectivity index is 1.38. The molecule has 40 heavy (non-hydrogen) atoms. The van der Waals surface area contributed by atoms with Gasteiger partial charge in [-0.15, -0.1) is 0 Å². The fraction of sp³-hybridized carbons (Fsp3) is 0.276. The summed E-state index contributed by atoms with van der Waals surface area (Å²) in [6, 6.07) is 17.0. The van der Waals surface area contributed by atoms with Crippen molar-refractivity contribution in [2.75, 3.05) is 38.0 Å². The highest BCUT2D eigenvalue weighted by molar-refractivity contribution is 6.01. The van der Waals surface area contributed by atoms with Gasteiger partial charge in [0.2, 0.25) is 11.7 Å². The van der Waals surface area contributed by atoms with E-state index in [0.717, 1.165) is 0 Å². The van der Waals surface area contributed by atoms with Crippen molar-refractivity contribution in [1.29, 1.82) is 0 Å². The number of aromatic carboxylic acids is 1. The number of nitrogens with zero attached hydrogens (tertiary/aromatic N) is 1. The fourth-order valence-corrected chi connectivity index (χ4v) is 4.47. The first-order chi connectivity index (χ1) is 19.2. The number of likely N-dealkylation sites (tertiary alicyclic amines) is 1. The third-order valence-corrected chi connectivity index (χ3v) is 6.51. The minimum Gasteiger partial charge on any atom is -0.495 e. The molecule has 0 spiro atoms. The average molecular weight is 552 g/mol. The lowest BCUT2D eigenvalue weighted by atomic mass is 10.1. The number of alkyl halides is 1. The molecule has 11 heteroatoms. The number of anilines is 2. The summed E-state index contributed by atoms with van der Waals surface area (Å²) in [4.78, 5) is 37.9. The van der Waals surface area contributed by atoms with Crippen molar-refractivity contribution >= 4 is 29.3 Å². The molecule has 0 aromatic heterocycles. The Bertz CT molecular complexity index is 1380. The minimum atomic E-state index is -2.00. The third kappa shape index (κ3) is 6.60. The van der Waals surface area contributed by atoms with Crippen molar-refractivity contribution in [1.82, 2.24) is 4.90 Å². The summed E-state index contributed by atoms with van der Waals surface area (Å²) in [6.45, 7) is -0.130. The largest absolute Gasteiger partial charge is 0.495 e. The Morgan fingerprint density at radius 3 is 2.30 bits per heavy atom. The molecule has 3 amide bonds. The monoisotopic (exact) mass is 551 g/mol. The number of carboxylic acids is 1. The van der Waals surface area contributed by atoms with E-state index in [1.54, 1.807) is 42.5 Å². The van der Waals surface area contributed by atoms with Gasteiger partial charge in [-0.3, -0.25) is 4.79 Å². The highest BCUT2D eigenvalue weighted by Crippen LogP contribution is 2.33. The molecule has 1 aliphatic heterocycles. The van der Waals surface area contributed by atoms with E-state index in [2.05, 4.69) is 10.6 Å². The van der Waals surface area contributed by atoms with Crippen molar-refractivity contribution < 1.29 is 38.1 Å². The van der Waals surface area contributed by atoms with E-state index in [4.69, 9.17) is 19.3 Å². The maximum absolute atomic E-state index is 15.8. The van der Waals surface area contributed by atoms with Crippen LogP contribution in [-0.4, -0.2) is 61.1 Å². The number of methoxy groups -OCH3 is 2. The smallest absolute Gasteiger partial charge is 0.335 e. The molecule has 1 atom stereocenters. The number of carbonyl (C=O) groups excluding carboxylic acids is 2. The lowest BCUT2D eigenvalue weighted by Gasteiger charge is -2.31. The molecule has 1 aliphatic rings. The number of hydrogen-bond acceptors (Lipinski definition) is 6. The van der Waals surface area contributed by atoms with Crippen LogP contribution in [0.25, 0.3) is 0 Å². The first-order valence-corrected chi connectivity index (χ1v) is 12.6. The maximum Gasteiger partial charge on any atom is 0.335 e. The van der Waals surface area contributed by atoms with Gasteiger partial charge in [0.25, 0.3) is 0 Å². The summed E-state index contributed by atoms with van der Waals surface area (Å²) in [6.07, 6.45) is 0.527. The summed E-state index contributed by atoms with van der Waals surface area (Å²) >= 11 is 0. The fourth-order valence-electron chi connectivity index (χ4n) is 4.47. The predicted octanol–water partition coefficient (Wildman–Crippen LogP) is 4.96. The van der Waals surface area contributed by atoms with Gasteiger partial charge in [0.1, 0.15) is 23.9 Å².